The van der Waals surface area contributed by atoms with Gasteiger partial charge in [-0.1, -0.05) is 30.7 Å². The SMILES string of the molecule is O=C(CSC1=NC2(CCCCCC2)N=C1c1cccs1)Nc1ccc2c(c1)OCCO2. The van der Waals surface area contributed by atoms with E-state index in [0.717, 1.165) is 41.3 Å². The number of thioether (sulfide) groups is 1. The molecule has 5 rings (SSSR count). The molecule has 1 N–H and O–H groups in total. The van der Waals surface area contributed by atoms with E-state index in [1.165, 1.54) is 24.6 Å². The number of fused-ring (bicyclic) bond motifs is 1. The highest BCUT2D eigenvalue weighted by atomic mass is 32.2. The first-order valence-electron chi connectivity index (χ1n) is 10.8. The lowest BCUT2D eigenvalue weighted by atomic mass is 10.0. The summed E-state index contributed by atoms with van der Waals surface area (Å²) in [5.41, 5.74) is 1.33. The Kier molecular flexibility index (Phi) is 6.00. The first-order chi connectivity index (χ1) is 15.2. The van der Waals surface area contributed by atoms with Crippen molar-refractivity contribution in [3.63, 3.8) is 0 Å². The number of amides is 1. The highest BCUT2D eigenvalue weighted by molar-refractivity contribution is 8.16. The molecule has 0 unspecified atom stereocenters. The standard InChI is InChI=1S/C23H25N3O3S2/c27-20(24-16-7-8-17-18(14-16)29-12-11-28-17)15-31-22-21(19-6-5-13-30-19)25-23(26-22)9-3-1-2-4-10-23/h5-8,13-14H,1-4,9-12,15H2,(H,24,27). The third kappa shape index (κ3) is 4.65. The zero-order valence-corrected chi connectivity index (χ0v) is 18.9. The minimum Gasteiger partial charge on any atom is -0.486 e. The van der Waals surface area contributed by atoms with E-state index in [-0.39, 0.29) is 17.3 Å². The topological polar surface area (TPSA) is 72.3 Å². The van der Waals surface area contributed by atoms with Crippen molar-refractivity contribution in [1.29, 1.82) is 0 Å². The summed E-state index contributed by atoms with van der Waals surface area (Å²) in [5, 5.41) is 5.91. The summed E-state index contributed by atoms with van der Waals surface area (Å²) in [6.45, 7) is 1.07. The van der Waals surface area contributed by atoms with Crippen LogP contribution in [-0.2, 0) is 4.79 Å². The lowest BCUT2D eigenvalue weighted by Gasteiger charge is -2.20. The second-order valence-corrected chi connectivity index (χ2v) is 9.86. The first-order valence-corrected chi connectivity index (χ1v) is 12.6. The molecule has 0 radical (unpaired) electrons. The van der Waals surface area contributed by atoms with Crippen molar-refractivity contribution in [2.24, 2.45) is 9.98 Å². The molecule has 2 aromatic rings. The van der Waals surface area contributed by atoms with E-state index in [2.05, 4.69) is 16.8 Å². The lowest BCUT2D eigenvalue weighted by molar-refractivity contribution is -0.113. The van der Waals surface area contributed by atoms with Crippen LogP contribution >= 0.6 is 23.1 Å². The van der Waals surface area contributed by atoms with Gasteiger partial charge in [0.15, 0.2) is 17.2 Å². The number of anilines is 1. The smallest absolute Gasteiger partial charge is 0.234 e. The van der Waals surface area contributed by atoms with Crippen LogP contribution in [0.3, 0.4) is 0 Å². The minimum atomic E-state index is -0.329. The van der Waals surface area contributed by atoms with Crippen LogP contribution in [0.15, 0.2) is 45.7 Å². The predicted molar refractivity (Wildman–Crippen MR) is 127 cm³/mol. The molecule has 1 saturated carbocycles. The fourth-order valence-corrected chi connectivity index (χ4v) is 5.81. The Morgan fingerprint density at radius 3 is 2.65 bits per heavy atom. The molecular weight excluding hydrogens is 430 g/mol. The Hall–Kier alpha value is -2.32. The third-order valence-electron chi connectivity index (χ3n) is 5.66. The highest BCUT2D eigenvalue weighted by Crippen LogP contribution is 2.38. The fourth-order valence-electron chi connectivity index (χ4n) is 4.17. The molecule has 8 heteroatoms. The van der Waals surface area contributed by atoms with E-state index in [1.807, 2.05) is 24.3 Å². The molecule has 0 saturated heterocycles. The molecule has 0 atom stereocenters. The maximum absolute atomic E-state index is 12.7. The number of ether oxygens (including phenoxy) is 2. The monoisotopic (exact) mass is 455 g/mol. The zero-order valence-electron chi connectivity index (χ0n) is 17.3. The Morgan fingerprint density at radius 2 is 1.87 bits per heavy atom. The van der Waals surface area contributed by atoms with Gasteiger partial charge in [0.05, 0.1) is 10.6 Å². The number of benzene rings is 1. The second kappa shape index (κ2) is 9.04. The molecule has 3 heterocycles. The summed E-state index contributed by atoms with van der Waals surface area (Å²) in [6, 6.07) is 9.60. The molecule has 1 fully saturated rings. The first kappa shape index (κ1) is 20.6. The largest absolute Gasteiger partial charge is 0.486 e. The van der Waals surface area contributed by atoms with Crippen LogP contribution in [0.1, 0.15) is 43.4 Å². The van der Waals surface area contributed by atoms with Gasteiger partial charge in [-0.2, -0.15) is 0 Å². The number of nitrogens with zero attached hydrogens (tertiary/aromatic N) is 2. The van der Waals surface area contributed by atoms with Gasteiger partial charge < -0.3 is 14.8 Å². The van der Waals surface area contributed by atoms with Crippen molar-refractivity contribution >= 4 is 45.4 Å². The summed E-state index contributed by atoms with van der Waals surface area (Å²) >= 11 is 3.15. The van der Waals surface area contributed by atoms with E-state index in [4.69, 9.17) is 19.5 Å². The van der Waals surface area contributed by atoms with Crippen molar-refractivity contribution in [3.05, 3.63) is 40.6 Å². The van der Waals surface area contributed by atoms with Gasteiger partial charge >= 0.3 is 0 Å². The zero-order chi connectivity index (χ0) is 21.1. The number of nitrogens with one attached hydrogen (secondary N) is 1. The quantitative estimate of drug-likeness (QED) is 0.693. The van der Waals surface area contributed by atoms with Gasteiger partial charge in [-0.05, 0) is 49.3 Å². The van der Waals surface area contributed by atoms with Crippen LogP contribution in [0, 0.1) is 0 Å². The van der Waals surface area contributed by atoms with Gasteiger partial charge in [0.2, 0.25) is 5.91 Å². The Labute approximate surface area is 190 Å². The summed E-state index contributed by atoms with van der Waals surface area (Å²) < 4.78 is 11.1. The average Bonchev–Trinajstić information content (AvgIpc) is 3.37. The van der Waals surface area contributed by atoms with E-state index < -0.39 is 0 Å². The van der Waals surface area contributed by atoms with E-state index in [9.17, 15) is 4.79 Å². The molecule has 1 aliphatic carbocycles. The van der Waals surface area contributed by atoms with Gasteiger partial charge in [0, 0.05) is 11.8 Å². The van der Waals surface area contributed by atoms with Gasteiger partial charge in [0.1, 0.15) is 24.0 Å². The van der Waals surface area contributed by atoms with Gasteiger partial charge in [-0.25, -0.2) is 4.99 Å². The summed E-state index contributed by atoms with van der Waals surface area (Å²) in [6.07, 6.45) is 6.81. The maximum atomic E-state index is 12.7. The van der Waals surface area contributed by atoms with Gasteiger partial charge in [-0.15, -0.1) is 11.3 Å². The van der Waals surface area contributed by atoms with Crippen LogP contribution in [0.5, 0.6) is 11.5 Å². The molecule has 1 aromatic heterocycles. The summed E-state index contributed by atoms with van der Waals surface area (Å²) in [4.78, 5) is 24.0. The molecule has 1 amide bonds. The predicted octanol–water partition coefficient (Wildman–Crippen LogP) is 5.14. The van der Waals surface area contributed by atoms with Crippen LogP contribution in [0.4, 0.5) is 5.69 Å². The minimum absolute atomic E-state index is 0.0725. The number of rotatable bonds is 4. The molecule has 1 spiro atoms. The average molecular weight is 456 g/mol. The number of carbonyl (C=O) groups excluding carboxylic acids is 1. The summed E-state index contributed by atoms with van der Waals surface area (Å²) in [5.74, 6) is 1.59. The fraction of sp³-hybridized carbons (Fsp3) is 0.435. The molecule has 1 aromatic carbocycles. The number of thiophene rings is 1. The van der Waals surface area contributed by atoms with E-state index >= 15 is 0 Å². The van der Waals surface area contributed by atoms with Crippen molar-refractivity contribution in [2.75, 3.05) is 24.3 Å². The molecule has 6 nitrogen and oxygen atoms in total. The molecule has 31 heavy (non-hydrogen) atoms. The maximum Gasteiger partial charge on any atom is 0.234 e. The lowest BCUT2D eigenvalue weighted by Crippen LogP contribution is -2.20. The number of aliphatic imine (C=N–C) groups is 2. The van der Waals surface area contributed by atoms with Crippen molar-refractivity contribution < 1.29 is 14.3 Å². The molecule has 2 aliphatic heterocycles. The van der Waals surface area contributed by atoms with Crippen LogP contribution in [0.25, 0.3) is 0 Å². The summed E-state index contributed by atoms with van der Waals surface area (Å²) in [7, 11) is 0. The molecular formula is C23H25N3O3S2. The van der Waals surface area contributed by atoms with E-state index in [0.29, 0.717) is 30.4 Å². The number of hydrogen-bond acceptors (Lipinski definition) is 7. The Morgan fingerprint density at radius 1 is 1.06 bits per heavy atom. The number of carbonyl (C=O) groups is 1. The van der Waals surface area contributed by atoms with Crippen molar-refractivity contribution in [3.8, 4) is 11.5 Å². The Bertz CT molecular complexity index is 1010. The third-order valence-corrected chi connectivity index (χ3v) is 7.50. The van der Waals surface area contributed by atoms with Gasteiger partial charge in [0.25, 0.3) is 0 Å². The Balaban J connectivity index is 1.28. The highest BCUT2D eigenvalue weighted by Gasteiger charge is 2.37. The number of hydrogen-bond donors (Lipinski definition) is 1. The van der Waals surface area contributed by atoms with Crippen LogP contribution < -0.4 is 14.8 Å². The van der Waals surface area contributed by atoms with Crippen LogP contribution in [-0.4, -0.2) is 41.3 Å². The molecule has 3 aliphatic rings. The van der Waals surface area contributed by atoms with Crippen molar-refractivity contribution in [2.45, 2.75) is 44.2 Å². The molecule has 162 valence electrons. The van der Waals surface area contributed by atoms with E-state index in [1.54, 1.807) is 11.3 Å². The van der Waals surface area contributed by atoms with Crippen LogP contribution in [0.2, 0.25) is 0 Å². The normalized spacial score (nSPS) is 19.5. The van der Waals surface area contributed by atoms with Crippen molar-refractivity contribution in [1.82, 2.24) is 0 Å². The second-order valence-electron chi connectivity index (χ2n) is 7.95. The van der Waals surface area contributed by atoms with Gasteiger partial charge in [-0.3, -0.25) is 9.79 Å². The molecule has 0 bridgehead atoms.